The van der Waals surface area contributed by atoms with Crippen LogP contribution < -0.4 is 10.7 Å². The Kier molecular flexibility index (Phi) is 5.11. The van der Waals surface area contributed by atoms with E-state index in [-0.39, 0.29) is 17.9 Å². The zero-order valence-corrected chi connectivity index (χ0v) is 16.7. The Balaban J connectivity index is 1.83. The number of hydrogen-bond acceptors (Lipinski definition) is 3. The summed E-state index contributed by atoms with van der Waals surface area (Å²) < 4.78 is 1.84. The molecule has 0 aliphatic rings. The van der Waals surface area contributed by atoms with Crippen LogP contribution in [0.2, 0.25) is 5.02 Å². The maximum absolute atomic E-state index is 12.9. The fourth-order valence-corrected chi connectivity index (χ4v) is 4.07. The number of hydrogen-bond donors (Lipinski definition) is 1. The molecular weight excluding hydrogens is 392 g/mol. The molecule has 4 rings (SSSR count). The van der Waals surface area contributed by atoms with E-state index in [0.29, 0.717) is 26.8 Å². The van der Waals surface area contributed by atoms with E-state index in [1.54, 1.807) is 36.0 Å². The van der Waals surface area contributed by atoms with E-state index in [9.17, 15) is 9.59 Å². The topological polar surface area (TPSA) is 51.1 Å². The van der Waals surface area contributed by atoms with Crippen LogP contribution in [0.1, 0.15) is 0 Å². The Labute approximate surface area is 171 Å². The first kappa shape index (κ1) is 18.6. The number of thioether (sulfide) groups is 1. The lowest BCUT2D eigenvalue weighted by Crippen LogP contribution is -2.21. The Morgan fingerprint density at radius 2 is 1.71 bits per heavy atom. The summed E-state index contributed by atoms with van der Waals surface area (Å²) in [5, 5.41) is 4.61. The maximum Gasteiger partial charge on any atom is 0.244 e. The highest BCUT2D eigenvalue weighted by molar-refractivity contribution is 7.98. The second-order valence-electron chi connectivity index (χ2n) is 6.34. The van der Waals surface area contributed by atoms with Gasteiger partial charge in [-0.3, -0.25) is 9.59 Å². The number of aromatic nitrogens is 1. The number of para-hydroxylation sites is 2. The zero-order chi connectivity index (χ0) is 19.7. The van der Waals surface area contributed by atoms with Crippen LogP contribution in [-0.4, -0.2) is 16.7 Å². The van der Waals surface area contributed by atoms with Gasteiger partial charge < -0.3 is 9.88 Å². The van der Waals surface area contributed by atoms with Gasteiger partial charge in [-0.2, -0.15) is 0 Å². The van der Waals surface area contributed by atoms with Gasteiger partial charge >= 0.3 is 0 Å². The number of carbonyl (C=O) groups excluding carboxylic acids is 1. The molecule has 0 radical (unpaired) electrons. The molecule has 4 aromatic rings. The minimum atomic E-state index is -0.170. The lowest BCUT2D eigenvalue weighted by atomic mass is 10.1. The lowest BCUT2D eigenvalue weighted by Gasteiger charge is -2.16. The molecule has 0 saturated heterocycles. The lowest BCUT2D eigenvalue weighted by molar-refractivity contribution is -0.116. The van der Waals surface area contributed by atoms with Crippen LogP contribution in [0, 0.1) is 0 Å². The van der Waals surface area contributed by atoms with E-state index in [0.717, 1.165) is 10.6 Å². The van der Waals surface area contributed by atoms with Crippen LogP contribution in [0.25, 0.3) is 21.8 Å². The first-order chi connectivity index (χ1) is 13.6. The molecule has 0 atom stereocenters. The fourth-order valence-electron chi connectivity index (χ4n) is 3.35. The number of carbonyl (C=O) groups is 1. The number of anilines is 1. The average molecular weight is 409 g/mol. The first-order valence-electron chi connectivity index (χ1n) is 8.72. The predicted molar refractivity (Wildman–Crippen MR) is 118 cm³/mol. The van der Waals surface area contributed by atoms with Crippen LogP contribution in [0.15, 0.2) is 76.4 Å². The van der Waals surface area contributed by atoms with Crippen molar-refractivity contribution in [1.82, 2.24) is 4.57 Å². The van der Waals surface area contributed by atoms with Crippen molar-refractivity contribution in [3.8, 4) is 0 Å². The summed E-state index contributed by atoms with van der Waals surface area (Å²) >= 11 is 7.75. The number of pyridine rings is 1. The van der Waals surface area contributed by atoms with E-state index in [1.165, 1.54) is 0 Å². The quantitative estimate of drug-likeness (QED) is 0.374. The van der Waals surface area contributed by atoms with Gasteiger partial charge in [0.05, 0.1) is 16.7 Å². The Bertz CT molecular complexity index is 1270. The molecule has 0 aliphatic carbocycles. The van der Waals surface area contributed by atoms with Crippen molar-refractivity contribution in [2.45, 2.75) is 11.4 Å². The third kappa shape index (κ3) is 3.39. The van der Waals surface area contributed by atoms with Crippen LogP contribution in [0.5, 0.6) is 0 Å². The van der Waals surface area contributed by atoms with Gasteiger partial charge in [0.15, 0.2) is 5.43 Å². The van der Waals surface area contributed by atoms with E-state index >= 15 is 0 Å². The van der Waals surface area contributed by atoms with Crippen molar-refractivity contribution in [3.05, 3.63) is 82.0 Å². The predicted octanol–water partition coefficient (Wildman–Crippen LogP) is 5.17. The molecule has 0 aliphatic heterocycles. The second-order valence-corrected chi connectivity index (χ2v) is 7.63. The smallest absolute Gasteiger partial charge is 0.244 e. The summed E-state index contributed by atoms with van der Waals surface area (Å²) in [5.41, 5.74) is 2.06. The number of nitrogens with zero attached hydrogens (tertiary/aromatic N) is 1. The summed E-state index contributed by atoms with van der Waals surface area (Å²) in [4.78, 5) is 26.7. The Morgan fingerprint density at radius 3 is 2.54 bits per heavy atom. The molecular formula is C22H17ClN2O2S. The van der Waals surface area contributed by atoms with Crippen LogP contribution in [-0.2, 0) is 11.3 Å². The van der Waals surface area contributed by atoms with Crippen molar-refractivity contribution in [2.24, 2.45) is 0 Å². The summed E-state index contributed by atoms with van der Waals surface area (Å²) in [6.07, 6.45) is 1.97. The summed E-state index contributed by atoms with van der Waals surface area (Å²) in [7, 11) is 0. The van der Waals surface area contributed by atoms with Crippen LogP contribution in [0.4, 0.5) is 5.69 Å². The molecule has 3 aromatic carbocycles. The first-order valence-corrected chi connectivity index (χ1v) is 10.3. The van der Waals surface area contributed by atoms with E-state index in [4.69, 9.17) is 11.6 Å². The van der Waals surface area contributed by atoms with Gasteiger partial charge in [-0.05, 0) is 48.7 Å². The number of halogens is 1. The monoisotopic (exact) mass is 408 g/mol. The molecule has 140 valence electrons. The van der Waals surface area contributed by atoms with Crippen molar-refractivity contribution >= 4 is 56.8 Å². The van der Waals surface area contributed by atoms with Gasteiger partial charge in [-0.25, -0.2) is 0 Å². The van der Waals surface area contributed by atoms with E-state index in [2.05, 4.69) is 5.32 Å². The third-order valence-electron chi connectivity index (χ3n) is 4.62. The Morgan fingerprint density at radius 1 is 1.00 bits per heavy atom. The SMILES string of the molecule is CSc1ccccc1NC(=O)Cn1c2ccccc2c(=O)c2ccc(Cl)cc21. The number of benzene rings is 3. The van der Waals surface area contributed by atoms with E-state index < -0.39 is 0 Å². The summed E-state index contributed by atoms with van der Waals surface area (Å²) in [6.45, 7) is 0.0698. The van der Waals surface area contributed by atoms with Gasteiger partial charge in [0.1, 0.15) is 6.54 Å². The third-order valence-corrected chi connectivity index (χ3v) is 5.65. The molecule has 0 fully saturated rings. The average Bonchev–Trinajstić information content (AvgIpc) is 2.71. The molecule has 1 amide bonds. The highest BCUT2D eigenvalue weighted by Gasteiger charge is 2.14. The van der Waals surface area contributed by atoms with E-state index in [1.807, 2.05) is 53.3 Å². The summed E-state index contributed by atoms with van der Waals surface area (Å²) in [6, 6.07) is 20.1. The minimum Gasteiger partial charge on any atom is -0.331 e. The molecule has 1 heterocycles. The van der Waals surface area contributed by atoms with Crippen molar-refractivity contribution < 1.29 is 4.79 Å². The second kappa shape index (κ2) is 7.70. The Hall–Kier alpha value is -2.76. The highest BCUT2D eigenvalue weighted by atomic mass is 35.5. The molecule has 4 nitrogen and oxygen atoms in total. The van der Waals surface area contributed by atoms with Crippen molar-refractivity contribution in [3.63, 3.8) is 0 Å². The molecule has 28 heavy (non-hydrogen) atoms. The van der Waals surface area contributed by atoms with Crippen molar-refractivity contribution in [1.29, 1.82) is 0 Å². The minimum absolute atomic E-state index is 0.0633. The van der Waals surface area contributed by atoms with Gasteiger partial charge in [-0.15, -0.1) is 11.8 Å². The molecule has 0 bridgehead atoms. The molecule has 1 aromatic heterocycles. The molecule has 6 heteroatoms. The fraction of sp³-hybridized carbons (Fsp3) is 0.0909. The number of fused-ring (bicyclic) bond motifs is 2. The molecule has 0 spiro atoms. The highest BCUT2D eigenvalue weighted by Crippen LogP contribution is 2.26. The number of nitrogens with one attached hydrogen (secondary N) is 1. The largest absolute Gasteiger partial charge is 0.331 e. The maximum atomic E-state index is 12.9. The van der Waals surface area contributed by atoms with Gasteiger partial charge in [0, 0.05) is 20.7 Å². The van der Waals surface area contributed by atoms with Gasteiger partial charge in [-0.1, -0.05) is 35.9 Å². The van der Waals surface area contributed by atoms with Gasteiger partial charge in [0.2, 0.25) is 5.91 Å². The van der Waals surface area contributed by atoms with Crippen LogP contribution >= 0.6 is 23.4 Å². The summed E-state index contributed by atoms with van der Waals surface area (Å²) in [5.74, 6) is -0.170. The molecule has 0 unspecified atom stereocenters. The van der Waals surface area contributed by atoms with Gasteiger partial charge in [0.25, 0.3) is 0 Å². The molecule has 0 saturated carbocycles. The number of rotatable bonds is 4. The van der Waals surface area contributed by atoms with Crippen LogP contribution in [0.3, 0.4) is 0 Å². The zero-order valence-electron chi connectivity index (χ0n) is 15.1. The van der Waals surface area contributed by atoms with Crippen molar-refractivity contribution in [2.75, 3.05) is 11.6 Å². The number of amides is 1. The standard InChI is InChI=1S/C22H17ClN2O2S/c1-28-20-9-5-3-7-17(20)24-21(26)13-25-18-8-4-2-6-15(18)22(27)16-11-10-14(23)12-19(16)25/h2-12H,13H2,1H3,(H,24,26). The molecule has 1 N–H and O–H groups in total. The normalized spacial score (nSPS) is 11.1.